The Morgan fingerprint density at radius 3 is 2.14 bits per heavy atom. The smallest absolute Gasteiger partial charge is 0.404 e. The third kappa shape index (κ3) is 8.59. The van der Waals surface area contributed by atoms with Gasteiger partial charge in [0.25, 0.3) is 0 Å². The molecule has 0 radical (unpaired) electrons. The number of nitrogens with one attached hydrogen (secondary N) is 1. The minimum atomic E-state index is -0.943. The van der Waals surface area contributed by atoms with Crippen LogP contribution in [0.25, 0.3) is 0 Å². The summed E-state index contributed by atoms with van der Waals surface area (Å²) in [6, 6.07) is 10.3. The summed E-state index contributed by atoms with van der Waals surface area (Å²) < 4.78 is 0. The molecule has 0 saturated carbocycles. The van der Waals surface area contributed by atoms with Gasteiger partial charge in [0.2, 0.25) is 0 Å². The van der Waals surface area contributed by atoms with Gasteiger partial charge in [-0.3, -0.25) is 0 Å². The van der Waals surface area contributed by atoms with Gasteiger partial charge in [-0.1, -0.05) is 42.8 Å². The molecule has 3 nitrogen and oxygen atoms in total. The van der Waals surface area contributed by atoms with Crippen LogP contribution in [0, 0.1) is 6.92 Å². The molecule has 0 fully saturated rings. The largest absolute Gasteiger partial charge is 0.465 e. The van der Waals surface area contributed by atoms with E-state index in [0.717, 1.165) is 6.42 Å². The summed E-state index contributed by atoms with van der Waals surface area (Å²) in [5, 5.41) is 10.1. The summed E-state index contributed by atoms with van der Waals surface area (Å²) in [4.78, 5) is 9.65. The molecule has 78 valence electrons. The van der Waals surface area contributed by atoms with E-state index < -0.39 is 6.09 Å². The van der Waals surface area contributed by atoms with E-state index in [1.54, 1.807) is 0 Å². The fourth-order valence-electron chi connectivity index (χ4n) is 0.766. The van der Waals surface area contributed by atoms with Crippen molar-refractivity contribution in [3.05, 3.63) is 35.9 Å². The van der Waals surface area contributed by atoms with Gasteiger partial charge in [0, 0.05) is 6.54 Å². The molecule has 1 aromatic rings. The van der Waals surface area contributed by atoms with Crippen molar-refractivity contribution in [3.8, 4) is 0 Å². The molecule has 0 spiro atoms. The van der Waals surface area contributed by atoms with E-state index in [1.165, 1.54) is 5.56 Å². The van der Waals surface area contributed by atoms with Gasteiger partial charge in [-0.2, -0.15) is 0 Å². The maximum absolute atomic E-state index is 9.65. The van der Waals surface area contributed by atoms with Crippen molar-refractivity contribution in [1.29, 1.82) is 0 Å². The third-order valence-electron chi connectivity index (χ3n) is 1.47. The van der Waals surface area contributed by atoms with Crippen LogP contribution < -0.4 is 5.32 Å². The van der Waals surface area contributed by atoms with Gasteiger partial charge in [-0.05, 0) is 13.3 Å². The van der Waals surface area contributed by atoms with Crippen molar-refractivity contribution < 1.29 is 9.90 Å². The van der Waals surface area contributed by atoms with E-state index in [9.17, 15) is 4.79 Å². The van der Waals surface area contributed by atoms with Gasteiger partial charge in [-0.25, -0.2) is 4.79 Å². The second kappa shape index (κ2) is 8.10. The van der Waals surface area contributed by atoms with Crippen LogP contribution in [0.4, 0.5) is 4.79 Å². The number of carboxylic acid groups (broad SMARTS) is 1. The van der Waals surface area contributed by atoms with Crippen LogP contribution in [0.2, 0.25) is 0 Å². The zero-order valence-electron chi connectivity index (χ0n) is 8.66. The van der Waals surface area contributed by atoms with Gasteiger partial charge in [0.15, 0.2) is 0 Å². The van der Waals surface area contributed by atoms with Crippen LogP contribution in [0.15, 0.2) is 30.3 Å². The maximum Gasteiger partial charge on any atom is 0.404 e. The molecule has 0 aromatic heterocycles. The first kappa shape index (κ1) is 12.5. The zero-order valence-corrected chi connectivity index (χ0v) is 8.66. The van der Waals surface area contributed by atoms with Gasteiger partial charge in [0.05, 0.1) is 0 Å². The number of hydrogen-bond acceptors (Lipinski definition) is 1. The first-order valence-electron chi connectivity index (χ1n) is 4.65. The highest BCUT2D eigenvalue weighted by Gasteiger charge is 1.86. The lowest BCUT2D eigenvalue weighted by atomic mass is 10.2. The molecule has 0 saturated heterocycles. The molecule has 0 atom stereocenters. The summed E-state index contributed by atoms with van der Waals surface area (Å²) in [5.74, 6) is 0. The van der Waals surface area contributed by atoms with E-state index in [2.05, 4.69) is 24.4 Å². The molecule has 3 heteroatoms. The number of amides is 1. The van der Waals surface area contributed by atoms with Crippen molar-refractivity contribution in [1.82, 2.24) is 5.32 Å². The van der Waals surface area contributed by atoms with Gasteiger partial charge < -0.3 is 10.4 Å². The Hall–Kier alpha value is -1.51. The summed E-state index contributed by atoms with van der Waals surface area (Å²) in [5.41, 5.74) is 1.32. The Morgan fingerprint density at radius 2 is 1.93 bits per heavy atom. The number of benzene rings is 1. The highest BCUT2D eigenvalue weighted by molar-refractivity contribution is 5.64. The van der Waals surface area contributed by atoms with Crippen LogP contribution >= 0.6 is 0 Å². The topological polar surface area (TPSA) is 49.3 Å². The van der Waals surface area contributed by atoms with E-state index >= 15 is 0 Å². The molecule has 1 aromatic carbocycles. The van der Waals surface area contributed by atoms with Crippen LogP contribution in [-0.4, -0.2) is 17.7 Å². The molecule has 0 aliphatic carbocycles. The number of carbonyl (C=O) groups is 1. The summed E-state index contributed by atoms with van der Waals surface area (Å²) in [7, 11) is 0. The molecule has 0 bridgehead atoms. The van der Waals surface area contributed by atoms with E-state index in [4.69, 9.17) is 5.11 Å². The molecule has 0 aliphatic heterocycles. The number of aryl methyl sites for hydroxylation is 1. The van der Waals surface area contributed by atoms with Crippen molar-refractivity contribution >= 4 is 6.09 Å². The van der Waals surface area contributed by atoms with Gasteiger partial charge in [0.1, 0.15) is 0 Å². The predicted molar refractivity (Wildman–Crippen MR) is 57.5 cm³/mol. The molecule has 0 aliphatic rings. The predicted octanol–water partition coefficient (Wildman–Crippen LogP) is 2.66. The molecule has 1 rings (SSSR count). The molecule has 14 heavy (non-hydrogen) atoms. The van der Waals surface area contributed by atoms with Crippen LogP contribution in [0.1, 0.15) is 18.9 Å². The second-order valence-corrected chi connectivity index (χ2v) is 2.89. The van der Waals surface area contributed by atoms with Crippen LogP contribution in [-0.2, 0) is 0 Å². The normalized spacial score (nSPS) is 8.43. The fourth-order valence-corrected chi connectivity index (χ4v) is 0.766. The lowest BCUT2D eigenvalue weighted by molar-refractivity contribution is 0.194. The maximum atomic E-state index is 9.65. The van der Waals surface area contributed by atoms with Crippen molar-refractivity contribution in [2.24, 2.45) is 0 Å². The minimum Gasteiger partial charge on any atom is -0.465 e. The van der Waals surface area contributed by atoms with Gasteiger partial charge >= 0.3 is 6.09 Å². The quantitative estimate of drug-likeness (QED) is 0.762. The van der Waals surface area contributed by atoms with Gasteiger partial charge in [-0.15, -0.1) is 0 Å². The van der Waals surface area contributed by atoms with Crippen molar-refractivity contribution in [2.45, 2.75) is 20.3 Å². The average Bonchev–Trinajstić information content (AvgIpc) is 2.17. The summed E-state index contributed by atoms with van der Waals surface area (Å²) in [6.07, 6.45) is -0.0893. The zero-order chi connectivity index (χ0) is 10.8. The summed E-state index contributed by atoms with van der Waals surface area (Å²) in [6.45, 7) is 4.55. The molecule has 0 unspecified atom stereocenters. The van der Waals surface area contributed by atoms with Crippen molar-refractivity contribution in [2.75, 3.05) is 6.54 Å². The highest BCUT2D eigenvalue weighted by atomic mass is 16.4. The van der Waals surface area contributed by atoms with Crippen molar-refractivity contribution in [3.63, 3.8) is 0 Å². The van der Waals surface area contributed by atoms with E-state index in [-0.39, 0.29) is 0 Å². The fraction of sp³-hybridized carbons (Fsp3) is 0.364. The first-order chi connectivity index (χ1) is 6.66. The first-order valence-corrected chi connectivity index (χ1v) is 4.65. The Morgan fingerprint density at radius 1 is 1.36 bits per heavy atom. The Bertz CT molecular complexity index is 247. The average molecular weight is 195 g/mol. The lowest BCUT2D eigenvalue weighted by Gasteiger charge is -1.91. The summed E-state index contributed by atoms with van der Waals surface area (Å²) >= 11 is 0. The molecular formula is C11H17NO2. The number of rotatable bonds is 2. The number of hydrogen-bond donors (Lipinski definition) is 2. The van der Waals surface area contributed by atoms with Crippen LogP contribution in [0.5, 0.6) is 0 Å². The minimum absolute atomic E-state index is 0.551. The highest BCUT2D eigenvalue weighted by Crippen LogP contribution is 1.92. The van der Waals surface area contributed by atoms with E-state index in [0.29, 0.717) is 6.54 Å². The molecule has 0 heterocycles. The third-order valence-corrected chi connectivity index (χ3v) is 1.47. The molecule has 2 N–H and O–H groups in total. The monoisotopic (exact) mass is 195 g/mol. The van der Waals surface area contributed by atoms with Crippen LogP contribution in [0.3, 0.4) is 0 Å². The second-order valence-electron chi connectivity index (χ2n) is 2.89. The Labute approximate surface area is 84.8 Å². The van der Waals surface area contributed by atoms with E-state index in [1.807, 2.05) is 25.1 Å². The SMILES string of the molecule is CCCNC(=O)O.Cc1ccccc1. The molecular weight excluding hydrogens is 178 g/mol. The molecule has 1 amide bonds. The Kier molecular flexibility index (Phi) is 7.23. The lowest BCUT2D eigenvalue weighted by Crippen LogP contribution is -2.20. The standard InChI is InChI=1S/C7H8.C4H9NO2/c1-7-5-3-2-4-6-7;1-2-3-5-4(6)7/h2-6H,1H3;5H,2-3H2,1H3,(H,6,7). The Balaban J connectivity index is 0.000000241.